The number of rotatable bonds is 12. The van der Waals surface area contributed by atoms with Crippen LogP contribution in [0, 0.1) is 46.3 Å². The van der Waals surface area contributed by atoms with E-state index in [2.05, 4.69) is 45.2 Å². The Bertz CT molecular complexity index is 936. The molecule has 0 bridgehead atoms. The van der Waals surface area contributed by atoms with Crippen molar-refractivity contribution >= 4 is 5.91 Å². The number of nitrogens with zero attached hydrogens (tertiary/aromatic N) is 3. The van der Waals surface area contributed by atoms with Gasteiger partial charge in [-0.1, -0.05) is 6.92 Å². The van der Waals surface area contributed by atoms with E-state index in [0.29, 0.717) is 38.1 Å². The van der Waals surface area contributed by atoms with Gasteiger partial charge in [-0.15, -0.1) is 0 Å². The van der Waals surface area contributed by atoms with Gasteiger partial charge in [-0.05, 0) is 97.3 Å². The molecule has 42 heavy (non-hydrogen) atoms. The summed E-state index contributed by atoms with van der Waals surface area (Å²) in [4.78, 5) is 15.0. The van der Waals surface area contributed by atoms with Gasteiger partial charge in [-0.3, -0.25) is 4.79 Å². The van der Waals surface area contributed by atoms with Crippen LogP contribution in [0.25, 0.3) is 0 Å². The minimum Gasteiger partial charge on any atom is -0.376 e. The highest BCUT2D eigenvalue weighted by atomic mass is 16.5. The first-order chi connectivity index (χ1) is 20.3. The summed E-state index contributed by atoms with van der Waals surface area (Å²) in [5.74, 6) is 0.539. The minimum absolute atomic E-state index is 0.00562. The van der Waals surface area contributed by atoms with E-state index in [1.54, 1.807) is 0 Å². The van der Waals surface area contributed by atoms with Crippen LogP contribution in [0.3, 0.4) is 0 Å². The molecular formula is C32H55N7O3. The lowest BCUT2D eigenvalue weighted by atomic mass is 9.69. The molecule has 2 aliphatic carbocycles. The summed E-state index contributed by atoms with van der Waals surface area (Å²) in [5.41, 5.74) is 0. The lowest BCUT2D eigenvalue weighted by Gasteiger charge is -2.50. The Labute approximate surface area is 253 Å². The molecule has 236 valence electrons. The Morgan fingerprint density at radius 3 is 2.55 bits per heavy atom. The lowest BCUT2D eigenvalue weighted by molar-refractivity contribution is -0.124. The van der Waals surface area contributed by atoms with Crippen LogP contribution in [0.15, 0.2) is 0 Å². The molecule has 1 amide bonds. The average Bonchev–Trinajstić information content (AvgIpc) is 2.97. The van der Waals surface area contributed by atoms with Crippen LogP contribution >= 0.6 is 0 Å². The van der Waals surface area contributed by atoms with Crippen molar-refractivity contribution in [2.75, 3.05) is 46.9 Å². The second-order valence-corrected chi connectivity index (χ2v) is 13.5. The topological polar surface area (TPSA) is 134 Å². The number of hydrogen-bond acceptors (Lipinski definition) is 9. The third kappa shape index (κ3) is 8.87. The van der Waals surface area contributed by atoms with Crippen molar-refractivity contribution < 1.29 is 14.3 Å². The summed E-state index contributed by atoms with van der Waals surface area (Å²) in [6.45, 7) is 8.12. The van der Waals surface area contributed by atoms with Crippen LogP contribution in [0.5, 0.6) is 0 Å². The highest BCUT2D eigenvalue weighted by Crippen LogP contribution is 2.37. The number of fused-ring (bicyclic) bond motifs is 1. The van der Waals surface area contributed by atoms with Gasteiger partial charge >= 0.3 is 0 Å². The maximum absolute atomic E-state index is 12.9. The third-order valence-corrected chi connectivity index (χ3v) is 10.2. The molecule has 10 heteroatoms. The first-order valence-electron chi connectivity index (χ1n) is 16.5. The van der Waals surface area contributed by atoms with Gasteiger partial charge in [0.05, 0.1) is 48.8 Å². The summed E-state index contributed by atoms with van der Waals surface area (Å²) >= 11 is 0. The van der Waals surface area contributed by atoms with Gasteiger partial charge in [0.15, 0.2) is 0 Å². The predicted octanol–water partition coefficient (Wildman–Crippen LogP) is 2.16. The summed E-state index contributed by atoms with van der Waals surface area (Å²) in [6, 6.07) is 5.79. The molecule has 2 aliphatic heterocycles. The number of piperidine rings is 2. The number of carbonyl (C=O) groups is 1. The number of amides is 1. The van der Waals surface area contributed by atoms with Crippen LogP contribution in [-0.2, 0) is 14.3 Å². The Hall–Kier alpha value is -1.79. The lowest BCUT2D eigenvalue weighted by Crippen LogP contribution is -2.66. The van der Waals surface area contributed by atoms with Crippen LogP contribution in [0.4, 0.5) is 0 Å². The van der Waals surface area contributed by atoms with E-state index in [0.717, 1.165) is 51.6 Å². The zero-order valence-corrected chi connectivity index (χ0v) is 26.3. The van der Waals surface area contributed by atoms with Crippen molar-refractivity contribution in [1.82, 2.24) is 26.2 Å². The van der Waals surface area contributed by atoms with Gasteiger partial charge in [0.25, 0.3) is 0 Å². The monoisotopic (exact) mass is 585 g/mol. The molecule has 0 aromatic carbocycles. The van der Waals surface area contributed by atoms with Gasteiger partial charge < -0.3 is 35.6 Å². The molecule has 0 aromatic rings. The van der Waals surface area contributed by atoms with Crippen molar-refractivity contribution in [2.45, 2.75) is 114 Å². The van der Waals surface area contributed by atoms with E-state index in [9.17, 15) is 15.3 Å². The molecule has 2 heterocycles. The highest BCUT2D eigenvalue weighted by molar-refractivity contribution is 5.76. The fraction of sp³-hybridized carbons (Fsp3) is 0.906. The second kappa shape index (κ2) is 16.3. The summed E-state index contributed by atoms with van der Waals surface area (Å²) in [7, 11) is 4.04. The van der Waals surface area contributed by atoms with Gasteiger partial charge in [0, 0.05) is 43.7 Å². The van der Waals surface area contributed by atoms with Gasteiger partial charge in [-0.2, -0.15) is 10.5 Å². The van der Waals surface area contributed by atoms with Gasteiger partial charge in [0.1, 0.15) is 0 Å². The van der Waals surface area contributed by atoms with Crippen LogP contribution < -0.4 is 21.3 Å². The smallest absolute Gasteiger partial charge is 0.220 e. The summed E-state index contributed by atoms with van der Waals surface area (Å²) in [5, 5.41) is 34.6. The molecule has 0 spiro atoms. The minimum atomic E-state index is -0.167. The summed E-state index contributed by atoms with van der Waals surface area (Å²) in [6.07, 6.45) is 7.79. The van der Waals surface area contributed by atoms with Crippen molar-refractivity contribution in [2.24, 2.45) is 23.7 Å². The van der Waals surface area contributed by atoms with E-state index >= 15 is 0 Å². The average molecular weight is 586 g/mol. The molecule has 0 aromatic heterocycles. The SMILES string of the molecule is CCOC1CC2NCC(C#N)C(NC3CCC(OCC4NCCCC4C)C(C#N)C3)C2CC1NC(=O)CCCN(C)C. The number of carbonyl (C=O) groups excluding carboxylic acids is 1. The molecule has 2 saturated heterocycles. The highest BCUT2D eigenvalue weighted by Gasteiger charge is 2.47. The Morgan fingerprint density at radius 1 is 1.02 bits per heavy atom. The Balaban J connectivity index is 1.37. The normalized spacial score (nSPS) is 38.7. The predicted molar refractivity (Wildman–Crippen MR) is 162 cm³/mol. The van der Waals surface area contributed by atoms with E-state index in [-0.39, 0.29) is 60.0 Å². The first kappa shape index (κ1) is 33.1. The number of nitriles is 2. The van der Waals surface area contributed by atoms with Crippen LogP contribution in [-0.4, -0.2) is 100 Å². The maximum atomic E-state index is 12.9. The molecule has 11 unspecified atom stereocenters. The molecule has 4 rings (SSSR count). The number of nitrogens with one attached hydrogen (secondary N) is 4. The van der Waals surface area contributed by atoms with E-state index in [1.807, 2.05) is 21.0 Å². The molecule has 10 nitrogen and oxygen atoms in total. The molecule has 2 saturated carbocycles. The van der Waals surface area contributed by atoms with E-state index < -0.39 is 0 Å². The number of hydrogen-bond donors (Lipinski definition) is 4. The van der Waals surface area contributed by atoms with Gasteiger partial charge in [0.2, 0.25) is 5.91 Å². The van der Waals surface area contributed by atoms with E-state index in [1.165, 1.54) is 12.8 Å². The first-order valence-corrected chi connectivity index (χ1v) is 16.5. The molecule has 4 N–H and O–H groups in total. The van der Waals surface area contributed by atoms with E-state index in [4.69, 9.17) is 9.47 Å². The van der Waals surface area contributed by atoms with Crippen LogP contribution in [0.2, 0.25) is 0 Å². The standard InChI is InChI=1S/C32H55N7O3/c1-5-41-30-16-26-25(15-27(30)38-31(40)9-7-13-39(3)4)32(23(18-34)19-36-26)37-24-10-11-29(22(14-24)17-33)42-20-28-21(2)8-6-12-35-28/h21-30,32,35-37H,5-16,19-20H2,1-4H3,(H,38,40). The van der Waals surface area contributed by atoms with Crippen LogP contribution in [0.1, 0.15) is 71.6 Å². The molecular weight excluding hydrogens is 530 g/mol. The Morgan fingerprint density at radius 2 is 1.83 bits per heavy atom. The molecule has 0 radical (unpaired) electrons. The third-order valence-electron chi connectivity index (χ3n) is 10.2. The quantitative estimate of drug-likeness (QED) is 0.272. The maximum Gasteiger partial charge on any atom is 0.220 e. The van der Waals surface area contributed by atoms with Crippen molar-refractivity contribution in [3.8, 4) is 12.1 Å². The van der Waals surface area contributed by atoms with Gasteiger partial charge in [-0.25, -0.2) is 0 Å². The zero-order valence-electron chi connectivity index (χ0n) is 26.3. The largest absolute Gasteiger partial charge is 0.376 e. The molecule has 4 aliphatic rings. The Kier molecular flexibility index (Phi) is 12.9. The van der Waals surface area contributed by atoms with Crippen molar-refractivity contribution in [1.29, 1.82) is 10.5 Å². The molecule has 4 fully saturated rings. The zero-order chi connectivity index (χ0) is 30.1. The second-order valence-electron chi connectivity index (χ2n) is 13.5. The van der Waals surface area contributed by atoms with Crippen molar-refractivity contribution in [3.63, 3.8) is 0 Å². The van der Waals surface area contributed by atoms with Crippen molar-refractivity contribution in [3.05, 3.63) is 0 Å². The summed E-state index contributed by atoms with van der Waals surface area (Å²) < 4.78 is 12.5. The fourth-order valence-electron chi connectivity index (χ4n) is 7.75. The molecule has 11 atom stereocenters. The number of ether oxygens (including phenoxy) is 2. The fourth-order valence-corrected chi connectivity index (χ4v) is 7.75.